The highest BCUT2D eigenvalue weighted by Crippen LogP contribution is 2.14. The van der Waals surface area contributed by atoms with Crippen molar-refractivity contribution in [3.63, 3.8) is 0 Å². The number of carbonyl (C=O) groups is 2. The van der Waals surface area contributed by atoms with E-state index in [0.717, 1.165) is 13.1 Å². The van der Waals surface area contributed by atoms with Crippen LogP contribution in [-0.4, -0.2) is 59.0 Å². The van der Waals surface area contributed by atoms with Gasteiger partial charge in [0.1, 0.15) is 0 Å². The topological polar surface area (TPSA) is 60.9 Å². The van der Waals surface area contributed by atoms with E-state index in [-0.39, 0.29) is 17.9 Å². The second-order valence-corrected chi connectivity index (χ2v) is 4.41. The molecule has 92 valence electrons. The van der Waals surface area contributed by atoms with Gasteiger partial charge < -0.3 is 10.0 Å². The molecule has 2 atom stereocenters. The van der Waals surface area contributed by atoms with Crippen molar-refractivity contribution >= 4 is 11.9 Å². The Kier molecular flexibility index (Phi) is 4.29. The molecule has 1 saturated heterocycles. The van der Waals surface area contributed by atoms with Crippen LogP contribution in [0.25, 0.3) is 0 Å². The Balaban J connectivity index is 2.47. The highest BCUT2D eigenvalue weighted by atomic mass is 16.4. The molecule has 1 fully saturated rings. The van der Waals surface area contributed by atoms with Crippen molar-refractivity contribution in [3.05, 3.63) is 0 Å². The molecular weight excluding hydrogens is 208 g/mol. The second-order valence-electron chi connectivity index (χ2n) is 4.41. The maximum absolute atomic E-state index is 11.1. The van der Waals surface area contributed by atoms with Gasteiger partial charge in [0, 0.05) is 39.1 Å². The molecule has 0 aromatic heterocycles. The average molecular weight is 228 g/mol. The van der Waals surface area contributed by atoms with Gasteiger partial charge in [-0.2, -0.15) is 0 Å². The number of hydrogen-bond acceptors (Lipinski definition) is 3. The summed E-state index contributed by atoms with van der Waals surface area (Å²) in [6.45, 7) is 8.15. The number of carboxylic acid groups (broad SMARTS) is 1. The van der Waals surface area contributed by atoms with E-state index in [1.165, 1.54) is 0 Å². The van der Waals surface area contributed by atoms with E-state index in [1.807, 2.05) is 6.92 Å². The van der Waals surface area contributed by atoms with Crippen LogP contribution in [0.4, 0.5) is 0 Å². The second kappa shape index (κ2) is 5.30. The van der Waals surface area contributed by atoms with Crippen molar-refractivity contribution in [1.82, 2.24) is 9.80 Å². The number of carboxylic acids is 1. The molecule has 1 N–H and O–H groups in total. The zero-order chi connectivity index (χ0) is 12.3. The molecule has 2 unspecified atom stereocenters. The van der Waals surface area contributed by atoms with Gasteiger partial charge >= 0.3 is 5.97 Å². The van der Waals surface area contributed by atoms with Gasteiger partial charge in [0.15, 0.2) is 0 Å². The Hall–Kier alpha value is -1.10. The van der Waals surface area contributed by atoms with Crippen LogP contribution in [-0.2, 0) is 9.59 Å². The van der Waals surface area contributed by atoms with E-state index >= 15 is 0 Å². The number of amides is 1. The number of hydrogen-bond donors (Lipinski definition) is 1. The van der Waals surface area contributed by atoms with Gasteiger partial charge in [-0.25, -0.2) is 0 Å². The first kappa shape index (κ1) is 13.0. The molecule has 1 aliphatic rings. The van der Waals surface area contributed by atoms with Crippen molar-refractivity contribution in [2.24, 2.45) is 5.92 Å². The van der Waals surface area contributed by atoms with E-state index in [2.05, 4.69) is 4.90 Å². The SMILES string of the molecule is CC(=O)N1CCN(C(C)C(C)C(=O)O)CC1. The van der Waals surface area contributed by atoms with Gasteiger partial charge in [-0.05, 0) is 6.92 Å². The summed E-state index contributed by atoms with van der Waals surface area (Å²) in [5.74, 6) is -1.04. The molecule has 5 heteroatoms. The van der Waals surface area contributed by atoms with E-state index in [9.17, 15) is 9.59 Å². The molecule has 1 amide bonds. The molecule has 0 radical (unpaired) electrons. The lowest BCUT2D eigenvalue weighted by Gasteiger charge is -2.38. The number of nitrogens with zero attached hydrogens (tertiary/aromatic N) is 2. The third-order valence-electron chi connectivity index (χ3n) is 3.45. The van der Waals surface area contributed by atoms with Crippen LogP contribution >= 0.6 is 0 Å². The van der Waals surface area contributed by atoms with Crippen molar-refractivity contribution in [2.75, 3.05) is 26.2 Å². The van der Waals surface area contributed by atoms with E-state index in [0.29, 0.717) is 13.1 Å². The zero-order valence-electron chi connectivity index (χ0n) is 10.1. The van der Waals surface area contributed by atoms with Crippen molar-refractivity contribution < 1.29 is 14.7 Å². The number of rotatable bonds is 3. The molecule has 0 spiro atoms. The summed E-state index contributed by atoms with van der Waals surface area (Å²) >= 11 is 0. The molecule has 0 bridgehead atoms. The molecule has 1 aliphatic heterocycles. The molecule has 5 nitrogen and oxygen atoms in total. The molecule has 0 aromatic carbocycles. The molecule has 0 saturated carbocycles. The molecule has 0 aromatic rings. The standard InChI is InChI=1S/C11H20N2O3/c1-8(11(15)16)9(2)12-4-6-13(7-5-12)10(3)14/h8-9H,4-7H2,1-3H3,(H,15,16). The fourth-order valence-electron chi connectivity index (χ4n) is 1.97. The van der Waals surface area contributed by atoms with Gasteiger partial charge in [-0.15, -0.1) is 0 Å². The highest BCUT2D eigenvalue weighted by molar-refractivity contribution is 5.73. The molecule has 16 heavy (non-hydrogen) atoms. The first-order chi connectivity index (χ1) is 7.43. The summed E-state index contributed by atoms with van der Waals surface area (Å²) in [6, 6.07) is 0.0200. The minimum Gasteiger partial charge on any atom is -0.481 e. The molecule has 1 rings (SSSR count). The van der Waals surface area contributed by atoms with Gasteiger partial charge in [0.2, 0.25) is 5.91 Å². The van der Waals surface area contributed by atoms with Crippen LogP contribution in [0.3, 0.4) is 0 Å². The Labute approximate surface area is 96.0 Å². The average Bonchev–Trinajstić information content (AvgIpc) is 2.27. The number of carbonyl (C=O) groups excluding carboxylic acids is 1. The lowest BCUT2D eigenvalue weighted by atomic mass is 10.0. The fourth-order valence-corrected chi connectivity index (χ4v) is 1.97. The lowest BCUT2D eigenvalue weighted by Crippen LogP contribution is -2.53. The quantitative estimate of drug-likeness (QED) is 0.752. The summed E-state index contributed by atoms with van der Waals surface area (Å²) in [5.41, 5.74) is 0. The summed E-state index contributed by atoms with van der Waals surface area (Å²) in [4.78, 5) is 25.9. The number of aliphatic carboxylic acids is 1. The van der Waals surface area contributed by atoms with Crippen molar-refractivity contribution in [1.29, 1.82) is 0 Å². The monoisotopic (exact) mass is 228 g/mol. The van der Waals surface area contributed by atoms with Crippen LogP contribution in [0.2, 0.25) is 0 Å². The molecule has 0 aliphatic carbocycles. The first-order valence-electron chi connectivity index (χ1n) is 5.66. The third kappa shape index (κ3) is 2.95. The van der Waals surface area contributed by atoms with Crippen LogP contribution in [0.15, 0.2) is 0 Å². The van der Waals surface area contributed by atoms with Crippen LogP contribution in [0, 0.1) is 5.92 Å². The lowest BCUT2D eigenvalue weighted by molar-refractivity contribution is -0.144. The maximum Gasteiger partial charge on any atom is 0.307 e. The van der Waals surface area contributed by atoms with E-state index in [1.54, 1.807) is 18.7 Å². The van der Waals surface area contributed by atoms with E-state index < -0.39 is 5.97 Å². The largest absolute Gasteiger partial charge is 0.481 e. The van der Waals surface area contributed by atoms with Gasteiger partial charge in [-0.1, -0.05) is 6.92 Å². The van der Waals surface area contributed by atoms with E-state index in [4.69, 9.17) is 5.11 Å². The minimum atomic E-state index is -0.763. The summed E-state index contributed by atoms with van der Waals surface area (Å²) < 4.78 is 0. The fraction of sp³-hybridized carbons (Fsp3) is 0.818. The highest BCUT2D eigenvalue weighted by Gasteiger charge is 2.28. The predicted molar refractivity (Wildman–Crippen MR) is 60.1 cm³/mol. The zero-order valence-corrected chi connectivity index (χ0v) is 10.1. The van der Waals surface area contributed by atoms with Gasteiger partial charge in [0.25, 0.3) is 0 Å². The van der Waals surface area contributed by atoms with Crippen molar-refractivity contribution in [3.8, 4) is 0 Å². The Bertz CT molecular complexity index is 272. The van der Waals surface area contributed by atoms with Gasteiger partial charge in [-0.3, -0.25) is 14.5 Å². The molecule has 1 heterocycles. The maximum atomic E-state index is 11.1. The van der Waals surface area contributed by atoms with Gasteiger partial charge in [0.05, 0.1) is 5.92 Å². The summed E-state index contributed by atoms with van der Waals surface area (Å²) in [7, 11) is 0. The minimum absolute atomic E-state index is 0.0200. The molecular formula is C11H20N2O3. The summed E-state index contributed by atoms with van der Waals surface area (Å²) in [5, 5.41) is 8.93. The predicted octanol–water partition coefficient (Wildman–Crippen LogP) is 0.260. The van der Waals surface area contributed by atoms with Crippen molar-refractivity contribution in [2.45, 2.75) is 26.8 Å². The van der Waals surface area contributed by atoms with Crippen LogP contribution < -0.4 is 0 Å². The smallest absolute Gasteiger partial charge is 0.307 e. The number of piperazine rings is 1. The normalized spacial score (nSPS) is 21.6. The Morgan fingerprint density at radius 2 is 1.62 bits per heavy atom. The third-order valence-corrected chi connectivity index (χ3v) is 3.45. The Morgan fingerprint density at radius 3 is 2.00 bits per heavy atom. The summed E-state index contributed by atoms with van der Waals surface area (Å²) in [6.07, 6.45) is 0. The van der Waals surface area contributed by atoms with Crippen LogP contribution in [0.1, 0.15) is 20.8 Å². The Morgan fingerprint density at radius 1 is 1.12 bits per heavy atom. The van der Waals surface area contributed by atoms with Crippen LogP contribution in [0.5, 0.6) is 0 Å². The first-order valence-corrected chi connectivity index (χ1v) is 5.66.